The highest BCUT2D eigenvalue weighted by atomic mass is 35.5. The van der Waals surface area contributed by atoms with Crippen LogP contribution in [0.4, 0.5) is 5.82 Å². The molecule has 4 nitrogen and oxygen atoms in total. The molecule has 0 N–H and O–H groups in total. The largest absolute Gasteiger partial charge is 0.253 e. The van der Waals surface area contributed by atoms with Gasteiger partial charge in [0.1, 0.15) is 5.82 Å². The van der Waals surface area contributed by atoms with Crippen molar-refractivity contribution in [2.45, 2.75) is 0 Å². The molecule has 5 heteroatoms. The molecule has 0 aliphatic rings. The summed E-state index contributed by atoms with van der Waals surface area (Å²) in [7, 11) is 0. The maximum Gasteiger partial charge on any atom is 0.126 e. The normalized spacial score (nSPS) is 8.50. The van der Waals surface area contributed by atoms with Crippen molar-refractivity contribution < 1.29 is 0 Å². The van der Waals surface area contributed by atoms with Crippen molar-refractivity contribution in [3.05, 3.63) is 33.8 Å². The Hall–Kier alpha value is -1.25. The second-order valence-corrected chi connectivity index (χ2v) is 1.96. The highest BCUT2D eigenvalue weighted by Crippen LogP contribution is 2.11. The van der Waals surface area contributed by atoms with Gasteiger partial charge in [-0.2, -0.15) is 0 Å². The number of aromatic nitrogens is 1. The number of pyridine rings is 1. The van der Waals surface area contributed by atoms with Crippen molar-refractivity contribution in [2.24, 2.45) is 5.11 Å². The Morgan fingerprint density at radius 3 is 2.90 bits per heavy atom. The first kappa shape index (κ1) is 6.86. The Labute approximate surface area is 62.1 Å². The van der Waals surface area contributed by atoms with Gasteiger partial charge >= 0.3 is 0 Å². The van der Waals surface area contributed by atoms with E-state index in [0.29, 0.717) is 10.8 Å². The summed E-state index contributed by atoms with van der Waals surface area (Å²) < 4.78 is 0. The zero-order valence-corrected chi connectivity index (χ0v) is 5.65. The van der Waals surface area contributed by atoms with Crippen LogP contribution >= 0.6 is 11.6 Å². The molecule has 0 fully saturated rings. The van der Waals surface area contributed by atoms with Gasteiger partial charge in [0.2, 0.25) is 0 Å². The number of nitrogens with zero attached hydrogens (tertiary/aromatic N) is 4. The van der Waals surface area contributed by atoms with Crippen molar-refractivity contribution in [3.8, 4) is 0 Å². The van der Waals surface area contributed by atoms with E-state index in [1.807, 2.05) is 0 Å². The molecule has 0 saturated heterocycles. The molecule has 0 aromatic carbocycles. The zero-order chi connectivity index (χ0) is 7.40. The van der Waals surface area contributed by atoms with Crippen LogP contribution in [-0.2, 0) is 0 Å². The van der Waals surface area contributed by atoms with E-state index in [4.69, 9.17) is 17.1 Å². The molecule has 50 valence electrons. The van der Waals surface area contributed by atoms with Crippen LogP contribution < -0.4 is 0 Å². The van der Waals surface area contributed by atoms with Crippen molar-refractivity contribution in [1.82, 2.24) is 4.98 Å². The van der Waals surface area contributed by atoms with Crippen LogP contribution in [0.1, 0.15) is 0 Å². The van der Waals surface area contributed by atoms with Crippen LogP contribution in [0.3, 0.4) is 0 Å². The van der Waals surface area contributed by atoms with E-state index in [-0.39, 0.29) is 0 Å². The molecular weight excluding hydrogens is 152 g/mol. The van der Waals surface area contributed by atoms with E-state index in [0.717, 1.165) is 0 Å². The maximum absolute atomic E-state index is 7.97. The fourth-order valence-electron chi connectivity index (χ4n) is 0.473. The van der Waals surface area contributed by atoms with Gasteiger partial charge in [-0.25, -0.2) is 0 Å². The third kappa shape index (κ3) is 1.62. The summed E-state index contributed by atoms with van der Waals surface area (Å²) in [5.74, 6) is 0.326. The molecular formula is C5H3ClN4. The van der Waals surface area contributed by atoms with Gasteiger partial charge in [0.15, 0.2) is 0 Å². The lowest BCUT2D eigenvalue weighted by atomic mass is 10.5. The predicted molar refractivity (Wildman–Crippen MR) is 38.1 cm³/mol. The van der Waals surface area contributed by atoms with E-state index >= 15 is 0 Å². The Bertz CT molecular complexity index is 261. The van der Waals surface area contributed by atoms with Gasteiger partial charge in [0.25, 0.3) is 0 Å². The summed E-state index contributed by atoms with van der Waals surface area (Å²) in [4.78, 5) is 6.27. The van der Waals surface area contributed by atoms with Crippen molar-refractivity contribution in [1.29, 1.82) is 0 Å². The number of azide groups is 1. The minimum absolute atomic E-state index is 0.326. The van der Waals surface area contributed by atoms with E-state index in [9.17, 15) is 0 Å². The summed E-state index contributed by atoms with van der Waals surface area (Å²) >= 11 is 5.51. The lowest BCUT2D eigenvalue weighted by Gasteiger charge is -1.87. The van der Waals surface area contributed by atoms with Gasteiger partial charge < -0.3 is 0 Å². The minimum Gasteiger partial charge on any atom is -0.253 e. The number of hydrogen-bond donors (Lipinski definition) is 0. The lowest BCUT2D eigenvalue weighted by molar-refractivity contribution is 1.26. The molecule has 1 aromatic heterocycles. The third-order valence-electron chi connectivity index (χ3n) is 0.859. The minimum atomic E-state index is 0.326. The van der Waals surface area contributed by atoms with Gasteiger partial charge in [-0.1, -0.05) is 11.6 Å². The molecule has 0 bridgehead atoms. The van der Waals surface area contributed by atoms with Gasteiger partial charge in [-0.05, 0) is 22.8 Å². The van der Waals surface area contributed by atoms with E-state index in [1.54, 1.807) is 12.1 Å². The second-order valence-electron chi connectivity index (χ2n) is 1.52. The molecule has 0 amide bonds. The first-order valence-electron chi connectivity index (χ1n) is 2.49. The smallest absolute Gasteiger partial charge is 0.126 e. The van der Waals surface area contributed by atoms with Crippen molar-refractivity contribution >= 4 is 17.4 Å². The highest BCUT2D eigenvalue weighted by molar-refractivity contribution is 6.30. The average molecular weight is 155 g/mol. The molecule has 0 atom stereocenters. The Morgan fingerprint density at radius 2 is 2.40 bits per heavy atom. The second kappa shape index (κ2) is 3.06. The summed E-state index contributed by atoms with van der Waals surface area (Å²) in [6.45, 7) is 0. The van der Waals surface area contributed by atoms with E-state index in [2.05, 4.69) is 15.0 Å². The van der Waals surface area contributed by atoms with Crippen LogP contribution in [0, 0.1) is 0 Å². The van der Waals surface area contributed by atoms with E-state index < -0.39 is 0 Å². The molecule has 0 aliphatic heterocycles. The summed E-state index contributed by atoms with van der Waals surface area (Å²) in [5, 5.41) is 3.78. The quantitative estimate of drug-likeness (QED) is 0.349. The first-order valence-corrected chi connectivity index (χ1v) is 2.87. The van der Waals surface area contributed by atoms with Gasteiger partial charge in [0.05, 0.1) is 5.02 Å². The fourth-order valence-corrected chi connectivity index (χ4v) is 0.585. The molecule has 0 unspecified atom stereocenters. The SMILES string of the molecule is [N-]=[N+]=Nc1ccc(Cl)cn1. The molecule has 0 saturated carbocycles. The molecule has 1 heterocycles. The molecule has 10 heavy (non-hydrogen) atoms. The standard InChI is InChI=1S/C5H3ClN4/c6-4-1-2-5(8-3-4)9-10-7/h1-3H. The molecule has 0 radical (unpaired) electrons. The number of rotatable bonds is 1. The number of halogens is 1. The highest BCUT2D eigenvalue weighted by Gasteiger charge is 1.87. The summed E-state index contributed by atoms with van der Waals surface area (Å²) in [6, 6.07) is 3.15. The van der Waals surface area contributed by atoms with Crippen LogP contribution in [0.5, 0.6) is 0 Å². The van der Waals surface area contributed by atoms with Gasteiger partial charge in [0, 0.05) is 11.1 Å². The predicted octanol–water partition coefficient (Wildman–Crippen LogP) is 2.68. The third-order valence-corrected chi connectivity index (χ3v) is 1.08. The Kier molecular flexibility index (Phi) is 2.10. The molecule has 0 aliphatic carbocycles. The van der Waals surface area contributed by atoms with Crippen LogP contribution in [0.2, 0.25) is 5.02 Å². The number of hydrogen-bond acceptors (Lipinski definition) is 2. The topological polar surface area (TPSA) is 61.7 Å². The van der Waals surface area contributed by atoms with E-state index in [1.165, 1.54) is 6.20 Å². The van der Waals surface area contributed by atoms with Crippen LogP contribution in [0.15, 0.2) is 23.4 Å². The molecule has 0 spiro atoms. The fraction of sp³-hybridized carbons (Fsp3) is 0. The average Bonchev–Trinajstić information content (AvgIpc) is 1.95. The zero-order valence-electron chi connectivity index (χ0n) is 4.90. The van der Waals surface area contributed by atoms with Gasteiger partial charge in [-0.3, -0.25) is 4.98 Å². The lowest BCUT2D eigenvalue weighted by Crippen LogP contribution is -1.69. The van der Waals surface area contributed by atoms with Gasteiger partial charge in [-0.15, -0.1) is 0 Å². The van der Waals surface area contributed by atoms with Crippen LogP contribution in [-0.4, -0.2) is 4.98 Å². The van der Waals surface area contributed by atoms with Crippen molar-refractivity contribution in [3.63, 3.8) is 0 Å². The monoisotopic (exact) mass is 154 g/mol. The Balaban J connectivity index is 3.00. The molecule has 1 rings (SSSR count). The Morgan fingerprint density at radius 1 is 1.60 bits per heavy atom. The summed E-state index contributed by atoms with van der Waals surface area (Å²) in [5.41, 5.74) is 7.97. The maximum atomic E-state index is 7.97. The summed E-state index contributed by atoms with van der Waals surface area (Å²) in [6.07, 6.45) is 1.42. The van der Waals surface area contributed by atoms with Crippen molar-refractivity contribution in [2.75, 3.05) is 0 Å². The van der Waals surface area contributed by atoms with Crippen LogP contribution in [0.25, 0.3) is 10.4 Å². The molecule has 1 aromatic rings. The first-order chi connectivity index (χ1) is 4.83.